The molecule has 1 saturated heterocycles. The molecule has 0 aliphatic carbocycles. The first-order chi connectivity index (χ1) is 7.41. The van der Waals surface area contributed by atoms with Crippen LogP contribution in [-0.2, 0) is 4.79 Å². The highest BCUT2D eigenvalue weighted by molar-refractivity contribution is 5.81. The predicted molar refractivity (Wildman–Crippen MR) is 66.1 cm³/mol. The smallest absolute Gasteiger partial charge is 0.239 e. The fraction of sp³-hybridized carbons (Fsp3) is 0.917. The summed E-state index contributed by atoms with van der Waals surface area (Å²) < 4.78 is 0. The molecule has 4 heteroatoms. The zero-order valence-corrected chi connectivity index (χ0v) is 10.9. The summed E-state index contributed by atoms with van der Waals surface area (Å²) in [6.07, 6.45) is 1.19. The third kappa shape index (κ3) is 3.46. The second-order valence-electron chi connectivity index (χ2n) is 5.29. The summed E-state index contributed by atoms with van der Waals surface area (Å²) in [6, 6.07) is -0.147. The molecule has 94 valence electrons. The average molecular weight is 227 g/mol. The molecule has 0 saturated carbocycles. The van der Waals surface area contributed by atoms with Crippen LogP contribution in [0.25, 0.3) is 0 Å². The molecule has 1 aliphatic heterocycles. The van der Waals surface area contributed by atoms with E-state index < -0.39 is 0 Å². The van der Waals surface area contributed by atoms with Crippen LogP contribution in [0.4, 0.5) is 0 Å². The van der Waals surface area contributed by atoms with E-state index in [1.54, 1.807) is 6.92 Å². The topological polar surface area (TPSA) is 49.6 Å². The summed E-state index contributed by atoms with van der Waals surface area (Å²) >= 11 is 0. The van der Waals surface area contributed by atoms with Crippen LogP contribution in [0, 0.1) is 5.92 Å². The van der Waals surface area contributed by atoms with Crippen LogP contribution in [-0.4, -0.2) is 54.5 Å². The Labute approximate surface area is 98.8 Å². The van der Waals surface area contributed by atoms with Crippen molar-refractivity contribution in [2.24, 2.45) is 11.7 Å². The number of carbonyl (C=O) groups excluding carboxylic acids is 1. The highest BCUT2D eigenvalue weighted by Crippen LogP contribution is 2.17. The monoisotopic (exact) mass is 227 g/mol. The van der Waals surface area contributed by atoms with Crippen LogP contribution in [0.2, 0.25) is 0 Å². The zero-order valence-electron chi connectivity index (χ0n) is 10.9. The van der Waals surface area contributed by atoms with Gasteiger partial charge in [-0.2, -0.15) is 0 Å². The van der Waals surface area contributed by atoms with E-state index in [0.717, 1.165) is 19.6 Å². The molecule has 1 fully saturated rings. The molecule has 1 aliphatic rings. The Kier molecular flexibility index (Phi) is 4.74. The van der Waals surface area contributed by atoms with E-state index in [9.17, 15) is 4.79 Å². The SMILES string of the molecule is CC(C)N(C[C@@H]1CCN(C)C1)C(=O)[C@H](C)N. The Balaban J connectivity index is 2.55. The van der Waals surface area contributed by atoms with Gasteiger partial charge in [-0.25, -0.2) is 0 Å². The Hall–Kier alpha value is -0.610. The second kappa shape index (κ2) is 5.64. The Morgan fingerprint density at radius 2 is 2.12 bits per heavy atom. The minimum atomic E-state index is -0.387. The molecular formula is C12H25N3O. The molecule has 1 rings (SSSR count). The maximum atomic E-state index is 11.9. The Morgan fingerprint density at radius 3 is 2.50 bits per heavy atom. The van der Waals surface area contributed by atoms with Crippen molar-refractivity contribution in [3.05, 3.63) is 0 Å². The third-order valence-electron chi connectivity index (χ3n) is 3.24. The minimum absolute atomic E-state index is 0.0737. The maximum absolute atomic E-state index is 11.9. The van der Waals surface area contributed by atoms with E-state index in [1.165, 1.54) is 6.42 Å². The standard InChI is InChI=1S/C12H25N3O/c1-9(2)15(12(16)10(3)13)8-11-5-6-14(4)7-11/h9-11H,5-8,13H2,1-4H3/t10-,11+/m0/s1. The van der Waals surface area contributed by atoms with E-state index >= 15 is 0 Å². The van der Waals surface area contributed by atoms with E-state index in [-0.39, 0.29) is 18.0 Å². The number of amides is 1. The van der Waals surface area contributed by atoms with Crippen molar-refractivity contribution in [2.45, 2.75) is 39.3 Å². The van der Waals surface area contributed by atoms with Gasteiger partial charge in [-0.05, 0) is 46.7 Å². The van der Waals surface area contributed by atoms with Gasteiger partial charge < -0.3 is 15.5 Å². The van der Waals surface area contributed by atoms with Gasteiger partial charge in [-0.15, -0.1) is 0 Å². The first-order valence-electron chi connectivity index (χ1n) is 6.16. The summed E-state index contributed by atoms with van der Waals surface area (Å²) in [5.74, 6) is 0.680. The fourth-order valence-electron chi connectivity index (χ4n) is 2.27. The molecule has 4 nitrogen and oxygen atoms in total. The first kappa shape index (κ1) is 13.5. The normalized spacial score (nSPS) is 23.8. The van der Waals surface area contributed by atoms with Crippen molar-refractivity contribution in [1.82, 2.24) is 9.80 Å². The van der Waals surface area contributed by atoms with E-state index in [2.05, 4.69) is 25.8 Å². The zero-order chi connectivity index (χ0) is 12.3. The van der Waals surface area contributed by atoms with E-state index in [4.69, 9.17) is 5.73 Å². The molecule has 1 heterocycles. The van der Waals surface area contributed by atoms with Gasteiger partial charge >= 0.3 is 0 Å². The van der Waals surface area contributed by atoms with Gasteiger partial charge in [0.05, 0.1) is 6.04 Å². The first-order valence-corrected chi connectivity index (χ1v) is 6.16. The number of hydrogen-bond donors (Lipinski definition) is 1. The fourth-order valence-corrected chi connectivity index (χ4v) is 2.27. The summed E-state index contributed by atoms with van der Waals surface area (Å²) in [4.78, 5) is 16.2. The molecule has 16 heavy (non-hydrogen) atoms. The van der Waals surface area contributed by atoms with Gasteiger partial charge in [-0.3, -0.25) is 4.79 Å². The molecule has 2 N–H and O–H groups in total. The molecule has 0 bridgehead atoms. The van der Waals surface area contributed by atoms with Crippen molar-refractivity contribution >= 4 is 5.91 Å². The van der Waals surface area contributed by atoms with Crippen molar-refractivity contribution in [3.8, 4) is 0 Å². The van der Waals surface area contributed by atoms with Crippen LogP contribution in [0.5, 0.6) is 0 Å². The molecular weight excluding hydrogens is 202 g/mol. The Bertz CT molecular complexity index is 240. The van der Waals surface area contributed by atoms with Crippen molar-refractivity contribution in [2.75, 3.05) is 26.7 Å². The second-order valence-corrected chi connectivity index (χ2v) is 5.29. The van der Waals surface area contributed by atoms with Gasteiger partial charge in [0.1, 0.15) is 0 Å². The van der Waals surface area contributed by atoms with Gasteiger partial charge in [0, 0.05) is 19.1 Å². The number of nitrogens with two attached hydrogens (primary N) is 1. The van der Waals surface area contributed by atoms with Gasteiger partial charge in [0.15, 0.2) is 0 Å². The lowest BCUT2D eigenvalue weighted by atomic mass is 10.1. The van der Waals surface area contributed by atoms with Crippen LogP contribution >= 0.6 is 0 Å². The summed E-state index contributed by atoms with van der Waals surface area (Å²) in [5.41, 5.74) is 5.67. The Morgan fingerprint density at radius 1 is 1.50 bits per heavy atom. The molecule has 0 radical (unpaired) electrons. The summed E-state index contributed by atoms with van der Waals surface area (Å²) in [5, 5.41) is 0. The van der Waals surface area contributed by atoms with Gasteiger partial charge in [0.25, 0.3) is 0 Å². The lowest BCUT2D eigenvalue weighted by Gasteiger charge is -2.30. The van der Waals surface area contributed by atoms with Gasteiger partial charge in [0.2, 0.25) is 5.91 Å². The molecule has 0 unspecified atom stereocenters. The lowest BCUT2D eigenvalue weighted by molar-refractivity contribution is -0.134. The molecule has 0 aromatic rings. The highest BCUT2D eigenvalue weighted by Gasteiger charge is 2.27. The van der Waals surface area contributed by atoms with Crippen LogP contribution in [0.1, 0.15) is 27.2 Å². The number of hydrogen-bond acceptors (Lipinski definition) is 3. The molecule has 1 amide bonds. The predicted octanol–water partition coefficient (Wildman–Crippen LogP) is 0.522. The quantitative estimate of drug-likeness (QED) is 0.762. The lowest BCUT2D eigenvalue weighted by Crippen LogP contribution is -2.47. The number of likely N-dealkylation sites (tertiary alicyclic amines) is 1. The molecule has 0 spiro atoms. The average Bonchev–Trinajstić information content (AvgIpc) is 2.59. The number of nitrogens with zero attached hydrogens (tertiary/aromatic N) is 2. The van der Waals surface area contributed by atoms with Gasteiger partial charge in [-0.1, -0.05) is 0 Å². The largest absolute Gasteiger partial charge is 0.339 e. The van der Waals surface area contributed by atoms with E-state index in [0.29, 0.717) is 5.92 Å². The van der Waals surface area contributed by atoms with Crippen molar-refractivity contribution in [1.29, 1.82) is 0 Å². The van der Waals surface area contributed by atoms with Crippen molar-refractivity contribution < 1.29 is 4.79 Å². The molecule has 0 aromatic carbocycles. The maximum Gasteiger partial charge on any atom is 0.239 e. The van der Waals surface area contributed by atoms with Crippen LogP contribution in [0.3, 0.4) is 0 Å². The minimum Gasteiger partial charge on any atom is -0.339 e. The summed E-state index contributed by atoms with van der Waals surface area (Å²) in [7, 11) is 2.13. The van der Waals surface area contributed by atoms with E-state index in [1.807, 2.05) is 4.90 Å². The van der Waals surface area contributed by atoms with Crippen molar-refractivity contribution in [3.63, 3.8) is 0 Å². The summed E-state index contributed by atoms with van der Waals surface area (Å²) in [6.45, 7) is 8.96. The third-order valence-corrected chi connectivity index (χ3v) is 3.24. The molecule has 2 atom stereocenters. The number of carbonyl (C=O) groups is 1. The molecule has 0 aromatic heterocycles. The van der Waals surface area contributed by atoms with Crippen LogP contribution in [0.15, 0.2) is 0 Å². The van der Waals surface area contributed by atoms with Crippen LogP contribution < -0.4 is 5.73 Å². The number of rotatable bonds is 4. The highest BCUT2D eigenvalue weighted by atomic mass is 16.2.